The molecule has 0 aliphatic heterocycles. The van der Waals surface area contributed by atoms with Crippen LogP contribution in [0.3, 0.4) is 0 Å². The second-order valence-electron chi connectivity index (χ2n) is 2.53. The number of hydrogen-bond donors (Lipinski definition) is 0. The van der Waals surface area contributed by atoms with Crippen LogP contribution in [0.25, 0.3) is 4.85 Å². The first kappa shape index (κ1) is 7.81. The molecule has 0 saturated carbocycles. The molecule has 0 aliphatic carbocycles. The van der Waals surface area contributed by atoms with Gasteiger partial charge in [0.15, 0.2) is 5.69 Å². The molecule has 56 valence electrons. The monoisotopic (exact) mass is 145 g/mol. The van der Waals surface area contributed by atoms with Gasteiger partial charge in [-0.3, -0.25) is 0 Å². The van der Waals surface area contributed by atoms with Crippen molar-refractivity contribution < 1.29 is 0 Å². The van der Waals surface area contributed by atoms with Crippen molar-refractivity contribution in [3.8, 4) is 0 Å². The first-order chi connectivity index (χ1) is 5.29. The number of nitrogens with zero attached hydrogens (tertiary/aromatic N) is 1. The number of hydrogen-bond acceptors (Lipinski definition) is 0. The Hall–Kier alpha value is -1.29. The van der Waals surface area contributed by atoms with E-state index in [4.69, 9.17) is 6.57 Å². The predicted molar refractivity (Wildman–Crippen MR) is 46.8 cm³/mol. The summed E-state index contributed by atoms with van der Waals surface area (Å²) in [5, 5.41) is 0. The molecule has 1 aromatic carbocycles. The Morgan fingerprint density at radius 1 is 1.45 bits per heavy atom. The van der Waals surface area contributed by atoms with Gasteiger partial charge in [0.05, 0.1) is 6.57 Å². The Labute approximate surface area is 67.5 Å². The lowest BCUT2D eigenvalue weighted by atomic mass is 10.1. The zero-order valence-corrected chi connectivity index (χ0v) is 6.89. The summed E-state index contributed by atoms with van der Waals surface area (Å²) in [5.74, 6) is 0. The van der Waals surface area contributed by atoms with Crippen LogP contribution in [-0.4, -0.2) is 0 Å². The first-order valence-electron chi connectivity index (χ1n) is 3.75. The van der Waals surface area contributed by atoms with E-state index in [1.165, 1.54) is 5.56 Å². The van der Waals surface area contributed by atoms with Crippen molar-refractivity contribution in [3.05, 3.63) is 40.7 Å². The third-order valence-electron chi connectivity index (χ3n) is 1.92. The van der Waals surface area contributed by atoms with Crippen molar-refractivity contribution >= 4 is 5.69 Å². The maximum Gasteiger partial charge on any atom is 0.190 e. The van der Waals surface area contributed by atoms with Crippen LogP contribution in [0.4, 0.5) is 5.69 Å². The topological polar surface area (TPSA) is 4.36 Å². The fourth-order valence-corrected chi connectivity index (χ4v) is 1.17. The average Bonchev–Trinajstić information content (AvgIpc) is 2.05. The van der Waals surface area contributed by atoms with Gasteiger partial charge in [-0.1, -0.05) is 30.7 Å². The van der Waals surface area contributed by atoms with Gasteiger partial charge in [-0.15, -0.1) is 0 Å². The third-order valence-corrected chi connectivity index (χ3v) is 1.92. The minimum absolute atomic E-state index is 0.782. The van der Waals surface area contributed by atoms with Gasteiger partial charge < -0.3 is 0 Å². The van der Waals surface area contributed by atoms with Crippen molar-refractivity contribution in [2.24, 2.45) is 0 Å². The summed E-state index contributed by atoms with van der Waals surface area (Å²) in [6.45, 7) is 11.0. The Bertz CT molecular complexity index is 294. The lowest BCUT2D eigenvalue weighted by molar-refractivity contribution is 1.11. The molecule has 1 heteroatoms. The third kappa shape index (κ3) is 1.40. The minimum atomic E-state index is 0.782. The molecular formula is C10H11N. The molecule has 0 radical (unpaired) electrons. The van der Waals surface area contributed by atoms with E-state index < -0.39 is 0 Å². The highest BCUT2D eigenvalue weighted by atomic mass is 14.6. The van der Waals surface area contributed by atoms with E-state index in [1.807, 2.05) is 19.1 Å². The number of aryl methyl sites for hydroxylation is 1. The lowest BCUT2D eigenvalue weighted by Gasteiger charge is -2.02. The SMILES string of the molecule is [C-]#[N+]c1cccc(CC)c1C. The van der Waals surface area contributed by atoms with Gasteiger partial charge in [0.2, 0.25) is 0 Å². The summed E-state index contributed by atoms with van der Waals surface area (Å²) in [6, 6.07) is 5.88. The molecule has 0 fully saturated rings. The molecule has 0 aliphatic rings. The molecule has 1 rings (SSSR count). The van der Waals surface area contributed by atoms with E-state index in [-0.39, 0.29) is 0 Å². The van der Waals surface area contributed by atoms with Gasteiger partial charge in [0.1, 0.15) is 0 Å². The first-order valence-corrected chi connectivity index (χ1v) is 3.75. The molecule has 0 N–H and O–H groups in total. The van der Waals surface area contributed by atoms with Crippen molar-refractivity contribution in [3.63, 3.8) is 0 Å². The molecule has 1 nitrogen and oxygen atoms in total. The Morgan fingerprint density at radius 3 is 2.73 bits per heavy atom. The van der Waals surface area contributed by atoms with Crippen molar-refractivity contribution in [2.75, 3.05) is 0 Å². The van der Waals surface area contributed by atoms with Crippen LogP contribution in [-0.2, 0) is 6.42 Å². The summed E-state index contributed by atoms with van der Waals surface area (Å²) < 4.78 is 0. The molecule has 0 atom stereocenters. The summed E-state index contributed by atoms with van der Waals surface area (Å²) in [6.07, 6.45) is 1.01. The van der Waals surface area contributed by atoms with Gasteiger partial charge in [-0.2, -0.15) is 0 Å². The fraction of sp³-hybridized carbons (Fsp3) is 0.300. The van der Waals surface area contributed by atoms with Crippen LogP contribution in [0.15, 0.2) is 18.2 Å². The van der Waals surface area contributed by atoms with E-state index in [2.05, 4.69) is 17.8 Å². The van der Waals surface area contributed by atoms with Crippen LogP contribution in [0.5, 0.6) is 0 Å². The molecule has 11 heavy (non-hydrogen) atoms. The van der Waals surface area contributed by atoms with Crippen LogP contribution in [0.1, 0.15) is 18.1 Å². The second-order valence-corrected chi connectivity index (χ2v) is 2.53. The summed E-state index contributed by atoms with van der Waals surface area (Å²) in [5.41, 5.74) is 3.19. The Kier molecular flexibility index (Phi) is 2.28. The van der Waals surface area contributed by atoms with Gasteiger partial charge in [-0.25, -0.2) is 4.85 Å². The average molecular weight is 145 g/mol. The fourth-order valence-electron chi connectivity index (χ4n) is 1.17. The smallest absolute Gasteiger partial charge is 0.190 e. The van der Waals surface area contributed by atoms with E-state index >= 15 is 0 Å². The lowest BCUT2D eigenvalue weighted by Crippen LogP contribution is -1.84. The molecule has 0 bridgehead atoms. The molecule has 0 unspecified atom stereocenters. The summed E-state index contributed by atoms with van der Waals surface area (Å²) in [4.78, 5) is 3.43. The zero-order valence-electron chi connectivity index (χ0n) is 6.89. The van der Waals surface area contributed by atoms with Gasteiger partial charge in [0, 0.05) is 0 Å². The standard InChI is InChI=1S/C10H11N/c1-4-9-6-5-7-10(11-3)8(9)2/h5-7H,4H2,1-2H3. The maximum absolute atomic E-state index is 6.88. The van der Waals surface area contributed by atoms with Gasteiger partial charge >= 0.3 is 0 Å². The summed E-state index contributed by atoms with van der Waals surface area (Å²) >= 11 is 0. The zero-order chi connectivity index (χ0) is 8.27. The summed E-state index contributed by atoms with van der Waals surface area (Å²) in [7, 11) is 0. The van der Waals surface area contributed by atoms with E-state index in [9.17, 15) is 0 Å². The molecule has 0 saturated heterocycles. The molecule has 0 aromatic heterocycles. The van der Waals surface area contributed by atoms with Crippen molar-refractivity contribution in [2.45, 2.75) is 20.3 Å². The molecule has 0 heterocycles. The quantitative estimate of drug-likeness (QED) is 0.535. The van der Waals surface area contributed by atoms with Crippen molar-refractivity contribution in [1.29, 1.82) is 0 Å². The van der Waals surface area contributed by atoms with Crippen LogP contribution < -0.4 is 0 Å². The van der Waals surface area contributed by atoms with Gasteiger partial charge in [0.25, 0.3) is 0 Å². The van der Waals surface area contributed by atoms with Crippen LogP contribution in [0.2, 0.25) is 0 Å². The van der Waals surface area contributed by atoms with E-state index in [0.29, 0.717) is 0 Å². The minimum Gasteiger partial charge on any atom is -0.238 e. The molecular weight excluding hydrogens is 134 g/mol. The number of rotatable bonds is 1. The molecule has 1 aromatic rings. The Balaban J connectivity index is 3.23. The highest BCUT2D eigenvalue weighted by Gasteiger charge is 1.99. The largest absolute Gasteiger partial charge is 0.238 e. The maximum atomic E-state index is 6.88. The molecule has 0 spiro atoms. The highest BCUT2D eigenvalue weighted by molar-refractivity contribution is 5.54. The van der Waals surface area contributed by atoms with Gasteiger partial charge in [-0.05, 0) is 18.9 Å². The second kappa shape index (κ2) is 3.21. The van der Waals surface area contributed by atoms with E-state index in [1.54, 1.807) is 0 Å². The predicted octanol–water partition coefficient (Wildman–Crippen LogP) is 3.11. The number of benzene rings is 1. The van der Waals surface area contributed by atoms with Crippen molar-refractivity contribution in [1.82, 2.24) is 0 Å². The van der Waals surface area contributed by atoms with E-state index in [0.717, 1.165) is 17.7 Å². The normalized spacial score (nSPS) is 9.18. The highest BCUT2D eigenvalue weighted by Crippen LogP contribution is 2.21. The molecule has 0 amide bonds. The Morgan fingerprint density at radius 2 is 2.18 bits per heavy atom. The van der Waals surface area contributed by atoms with Crippen LogP contribution >= 0.6 is 0 Å². The van der Waals surface area contributed by atoms with Crippen LogP contribution in [0, 0.1) is 13.5 Å².